The Kier molecular flexibility index (Phi) is 3.42. The minimum atomic E-state index is -1.12. The van der Waals surface area contributed by atoms with Gasteiger partial charge in [0.25, 0.3) is 5.91 Å². The number of carbonyl (C=O) groups excluding carboxylic acids is 1. The van der Waals surface area contributed by atoms with Crippen LogP contribution in [0, 0.1) is 0 Å². The number of amides is 1. The van der Waals surface area contributed by atoms with E-state index in [4.69, 9.17) is 10.8 Å². The Hall–Kier alpha value is -2.89. The van der Waals surface area contributed by atoms with E-state index in [2.05, 4.69) is 10.3 Å². The third-order valence-electron chi connectivity index (χ3n) is 2.45. The largest absolute Gasteiger partial charge is 0.477 e. The lowest BCUT2D eigenvalue weighted by molar-refractivity contribution is 0.0690. The molecule has 0 radical (unpaired) electrons. The molecule has 1 aromatic carbocycles. The van der Waals surface area contributed by atoms with Crippen molar-refractivity contribution in [2.24, 2.45) is 0 Å². The van der Waals surface area contributed by atoms with Crippen molar-refractivity contribution >= 4 is 23.3 Å². The van der Waals surface area contributed by atoms with Crippen LogP contribution in [0.2, 0.25) is 0 Å². The van der Waals surface area contributed by atoms with Gasteiger partial charge in [0.05, 0.1) is 17.4 Å². The smallest absolute Gasteiger partial charge is 0.354 e. The Morgan fingerprint density at radius 2 is 1.89 bits per heavy atom. The van der Waals surface area contributed by atoms with Crippen molar-refractivity contribution in [3.63, 3.8) is 0 Å². The van der Waals surface area contributed by atoms with E-state index in [0.29, 0.717) is 16.9 Å². The van der Waals surface area contributed by atoms with E-state index < -0.39 is 5.97 Å². The molecule has 96 valence electrons. The minimum Gasteiger partial charge on any atom is -0.477 e. The molecular formula is C13H11N3O3. The highest BCUT2D eigenvalue weighted by Gasteiger charge is 2.10. The standard InChI is InChI=1S/C13H11N3O3/c14-10-4-2-1-3-9(10)12(17)16-8-5-6-11(13(18)19)15-7-8/h1-7H,14H2,(H,16,17)(H,18,19). The molecule has 0 atom stereocenters. The van der Waals surface area contributed by atoms with E-state index in [9.17, 15) is 9.59 Å². The van der Waals surface area contributed by atoms with Crippen molar-refractivity contribution in [2.45, 2.75) is 0 Å². The number of nitrogens with zero attached hydrogens (tertiary/aromatic N) is 1. The second-order valence-corrected chi connectivity index (χ2v) is 3.78. The molecule has 6 heteroatoms. The van der Waals surface area contributed by atoms with E-state index in [1.807, 2.05) is 0 Å². The Morgan fingerprint density at radius 1 is 1.16 bits per heavy atom. The van der Waals surface area contributed by atoms with Gasteiger partial charge in [-0.3, -0.25) is 4.79 Å². The normalized spacial score (nSPS) is 9.89. The predicted molar refractivity (Wildman–Crippen MR) is 70.0 cm³/mol. The van der Waals surface area contributed by atoms with E-state index >= 15 is 0 Å². The fraction of sp³-hybridized carbons (Fsp3) is 0. The zero-order valence-electron chi connectivity index (χ0n) is 9.83. The van der Waals surface area contributed by atoms with Crippen LogP contribution in [0.1, 0.15) is 20.8 Å². The molecule has 0 saturated carbocycles. The van der Waals surface area contributed by atoms with Gasteiger partial charge in [-0.1, -0.05) is 12.1 Å². The van der Waals surface area contributed by atoms with Gasteiger partial charge in [-0.05, 0) is 24.3 Å². The Bertz CT molecular complexity index is 623. The SMILES string of the molecule is Nc1ccccc1C(=O)Nc1ccc(C(=O)O)nc1. The van der Waals surface area contributed by atoms with Crippen LogP contribution < -0.4 is 11.1 Å². The number of carbonyl (C=O) groups is 2. The van der Waals surface area contributed by atoms with Crippen LogP contribution in [0.5, 0.6) is 0 Å². The molecule has 2 aromatic rings. The van der Waals surface area contributed by atoms with Crippen molar-refractivity contribution in [2.75, 3.05) is 11.1 Å². The number of nitrogens with one attached hydrogen (secondary N) is 1. The van der Waals surface area contributed by atoms with Crippen LogP contribution in [0.25, 0.3) is 0 Å². The molecule has 0 unspecified atom stereocenters. The summed E-state index contributed by atoms with van der Waals surface area (Å²) in [5.41, 5.74) is 6.72. The summed E-state index contributed by atoms with van der Waals surface area (Å²) in [6.45, 7) is 0. The van der Waals surface area contributed by atoms with Crippen molar-refractivity contribution < 1.29 is 14.7 Å². The zero-order chi connectivity index (χ0) is 13.8. The summed E-state index contributed by atoms with van der Waals surface area (Å²) < 4.78 is 0. The monoisotopic (exact) mass is 257 g/mol. The molecule has 0 bridgehead atoms. The third-order valence-corrected chi connectivity index (χ3v) is 2.45. The zero-order valence-corrected chi connectivity index (χ0v) is 9.83. The summed E-state index contributed by atoms with van der Waals surface area (Å²) in [6.07, 6.45) is 1.28. The molecule has 0 spiro atoms. The van der Waals surface area contributed by atoms with Crippen LogP contribution in [0.3, 0.4) is 0 Å². The third kappa shape index (κ3) is 2.86. The van der Waals surface area contributed by atoms with Crippen molar-refractivity contribution in [1.82, 2.24) is 4.98 Å². The van der Waals surface area contributed by atoms with E-state index in [0.717, 1.165) is 0 Å². The first-order valence-electron chi connectivity index (χ1n) is 5.43. The number of aromatic nitrogens is 1. The molecule has 2 rings (SSSR count). The van der Waals surface area contributed by atoms with Gasteiger partial charge in [0.2, 0.25) is 0 Å². The summed E-state index contributed by atoms with van der Waals surface area (Å²) in [6, 6.07) is 9.44. The number of carboxylic acid groups (broad SMARTS) is 1. The van der Waals surface area contributed by atoms with Gasteiger partial charge in [-0.25, -0.2) is 9.78 Å². The van der Waals surface area contributed by atoms with Gasteiger partial charge >= 0.3 is 5.97 Å². The maximum atomic E-state index is 11.9. The first kappa shape index (κ1) is 12.6. The molecule has 1 amide bonds. The van der Waals surface area contributed by atoms with Gasteiger partial charge in [-0.2, -0.15) is 0 Å². The second kappa shape index (κ2) is 5.18. The van der Waals surface area contributed by atoms with Gasteiger partial charge in [0.1, 0.15) is 5.69 Å². The number of anilines is 2. The Balaban J connectivity index is 2.15. The molecular weight excluding hydrogens is 246 g/mol. The molecule has 0 aliphatic carbocycles. The highest BCUT2D eigenvalue weighted by molar-refractivity contribution is 6.07. The van der Waals surface area contributed by atoms with Crippen LogP contribution in [0.15, 0.2) is 42.6 Å². The van der Waals surface area contributed by atoms with Crippen molar-refractivity contribution in [1.29, 1.82) is 0 Å². The summed E-state index contributed by atoms with van der Waals surface area (Å²) in [7, 11) is 0. The van der Waals surface area contributed by atoms with Gasteiger partial charge in [0.15, 0.2) is 0 Å². The van der Waals surface area contributed by atoms with E-state index in [1.54, 1.807) is 24.3 Å². The number of hydrogen-bond acceptors (Lipinski definition) is 4. The molecule has 0 aliphatic heterocycles. The highest BCUT2D eigenvalue weighted by Crippen LogP contribution is 2.14. The maximum absolute atomic E-state index is 11.9. The topological polar surface area (TPSA) is 105 Å². The quantitative estimate of drug-likeness (QED) is 0.724. The summed E-state index contributed by atoms with van der Waals surface area (Å²) in [5, 5.41) is 11.3. The van der Waals surface area contributed by atoms with Gasteiger partial charge in [-0.15, -0.1) is 0 Å². The molecule has 0 aliphatic rings. The lowest BCUT2D eigenvalue weighted by Gasteiger charge is -2.07. The lowest BCUT2D eigenvalue weighted by Crippen LogP contribution is -2.14. The Morgan fingerprint density at radius 3 is 2.47 bits per heavy atom. The summed E-state index contributed by atoms with van der Waals surface area (Å²) >= 11 is 0. The van der Waals surface area contributed by atoms with Gasteiger partial charge in [0, 0.05) is 5.69 Å². The van der Waals surface area contributed by atoms with Crippen LogP contribution in [0.4, 0.5) is 11.4 Å². The molecule has 4 N–H and O–H groups in total. The first-order chi connectivity index (χ1) is 9.08. The van der Waals surface area contributed by atoms with Crippen LogP contribution in [-0.4, -0.2) is 22.0 Å². The first-order valence-corrected chi connectivity index (χ1v) is 5.43. The predicted octanol–water partition coefficient (Wildman–Crippen LogP) is 1.61. The van der Waals surface area contributed by atoms with Crippen LogP contribution in [-0.2, 0) is 0 Å². The minimum absolute atomic E-state index is 0.0859. The molecule has 0 fully saturated rings. The van der Waals surface area contributed by atoms with E-state index in [-0.39, 0.29) is 11.6 Å². The molecule has 0 saturated heterocycles. The van der Waals surface area contributed by atoms with Crippen molar-refractivity contribution in [3.8, 4) is 0 Å². The summed E-state index contributed by atoms with van der Waals surface area (Å²) in [5.74, 6) is -1.49. The van der Waals surface area contributed by atoms with Gasteiger partial charge < -0.3 is 16.2 Å². The number of aromatic carboxylic acids is 1. The fourth-order valence-electron chi connectivity index (χ4n) is 1.50. The molecule has 1 heterocycles. The number of pyridine rings is 1. The number of nitrogen functional groups attached to an aromatic ring is 1. The highest BCUT2D eigenvalue weighted by atomic mass is 16.4. The number of rotatable bonds is 3. The number of benzene rings is 1. The summed E-state index contributed by atoms with van der Waals surface area (Å²) in [4.78, 5) is 26.3. The second-order valence-electron chi connectivity index (χ2n) is 3.78. The molecule has 1 aromatic heterocycles. The number of nitrogens with two attached hydrogens (primary N) is 1. The molecule has 19 heavy (non-hydrogen) atoms. The van der Waals surface area contributed by atoms with Crippen molar-refractivity contribution in [3.05, 3.63) is 53.9 Å². The average Bonchev–Trinajstić information content (AvgIpc) is 2.39. The average molecular weight is 257 g/mol. The number of hydrogen-bond donors (Lipinski definition) is 3. The Labute approximate surface area is 108 Å². The fourth-order valence-corrected chi connectivity index (χ4v) is 1.50. The number of para-hydroxylation sites is 1. The molecule has 6 nitrogen and oxygen atoms in total. The lowest BCUT2D eigenvalue weighted by atomic mass is 10.1. The van der Waals surface area contributed by atoms with Crippen LogP contribution >= 0.6 is 0 Å². The van der Waals surface area contributed by atoms with E-state index in [1.165, 1.54) is 18.3 Å². The maximum Gasteiger partial charge on any atom is 0.354 e. The number of carboxylic acids is 1.